The zero-order chi connectivity index (χ0) is 19.0. The topological polar surface area (TPSA) is 56.0 Å². The summed E-state index contributed by atoms with van der Waals surface area (Å²) in [6.07, 6.45) is 6.81. The molecule has 0 saturated heterocycles. The molecule has 0 aliphatic heterocycles. The van der Waals surface area contributed by atoms with E-state index in [-0.39, 0.29) is 11.9 Å². The van der Waals surface area contributed by atoms with Gasteiger partial charge in [-0.25, -0.2) is 4.98 Å². The van der Waals surface area contributed by atoms with Crippen molar-refractivity contribution in [2.45, 2.75) is 38.8 Å². The van der Waals surface area contributed by atoms with E-state index in [4.69, 9.17) is 0 Å². The smallest absolute Gasteiger partial charge is 0.273 e. The number of amides is 1. The lowest BCUT2D eigenvalue weighted by atomic mass is 9.86. The molecule has 0 N–H and O–H groups in total. The van der Waals surface area contributed by atoms with Crippen LogP contribution in [-0.2, 0) is 27.1 Å². The predicted molar refractivity (Wildman–Crippen MR) is 103 cm³/mol. The molecule has 1 aliphatic rings. The second-order valence-corrected chi connectivity index (χ2v) is 7.29. The van der Waals surface area contributed by atoms with Gasteiger partial charge in [-0.3, -0.25) is 9.48 Å². The predicted octanol–water partition coefficient (Wildman–Crippen LogP) is 3.18. The number of aryl methyl sites for hydroxylation is 4. The molecule has 0 radical (unpaired) electrons. The third kappa shape index (κ3) is 3.27. The van der Waals surface area contributed by atoms with Gasteiger partial charge in [-0.2, -0.15) is 5.10 Å². The highest BCUT2D eigenvalue weighted by atomic mass is 16.2. The molecule has 1 atom stereocenters. The van der Waals surface area contributed by atoms with Crippen LogP contribution < -0.4 is 0 Å². The van der Waals surface area contributed by atoms with Gasteiger partial charge in [0.25, 0.3) is 5.91 Å². The third-order valence-corrected chi connectivity index (χ3v) is 5.43. The summed E-state index contributed by atoms with van der Waals surface area (Å²) >= 11 is 0. The zero-order valence-corrected chi connectivity index (χ0v) is 16.1. The Labute approximate surface area is 159 Å². The van der Waals surface area contributed by atoms with Gasteiger partial charge in [0.15, 0.2) is 0 Å². The molecule has 0 spiro atoms. The molecule has 0 unspecified atom stereocenters. The summed E-state index contributed by atoms with van der Waals surface area (Å²) in [6.45, 7) is 2.39. The maximum Gasteiger partial charge on any atom is 0.273 e. The van der Waals surface area contributed by atoms with Crippen molar-refractivity contribution in [1.82, 2.24) is 24.2 Å². The van der Waals surface area contributed by atoms with Gasteiger partial charge in [0.2, 0.25) is 0 Å². The Morgan fingerprint density at radius 2 is 2.11 bits per heavy atom. The summed E-state index contributed by atoms with van der Waals surface area (Å²) in [6, 6.07) is 10.4. The highest BCUT2D eigenvalue weighted by molar-refractivity contribution is 5.93. The van der Waals surface area contributed by atoms with Crippen LogP contribution in [0.1, 0.15) is 52.0 Å². The fourth-order valence-corrected chi connectivity index (χ4v) is 4.03. The molecule has 0 bridgehead atoms. The normalized spacial score (nSPS) is 16.2. The van der Waals surface area contributed by atoms with Crippen LogP contribution in [0.5, 0.6) is 0 Å². The molecule has 2 heterocycles. The number of hydrogen-bond donors (Lipinski definition) is 0. The van der Waals surface area contributed by atoms with E-state index in [1.165, 1.54) is 11.1 Å². The van der Waals surface area contributed by atoms with Crippen molar-refractivity contribution in [3.63, 3.8) is 0 Å². The number of hydrogen-bond acceptors (Lipinski definition) is 3. The summed E-state index contributed by atoms with van der Waals surface area (Å²) in [5.41, 5.74) is 4.06. The summed E-state index contributed by atoms with van der Waals surface area (Å²) < 4.78 is 3.65. The number of imidazole rings is 1. The molecule has 6 heteroatoms. The van der Waals surface area contributed by atoms with E-state index in [0.717, 1.165) is 30.8 Å². The zero-order valence-electron chi connectivity index (χ0n) is 16.1. The first-order chi connectivity index (χ1) is 13.0. The molecule has 1 amide bonds. The van der Waals surface area contributed by atoms with Crippen molar-refractivity contribution in [2.24, 2.45) is 14.1 Å². The summed E-state index contributed by atoms with van der Waals surface area (Å²) in [7, 11) is 3.79. The van der Waals surface area contributed by atoms with Gasteiger partial charge in [0, 0.05) is 26.5 Å². The fourth-order valence-electron chi connectivity index (χ4n) is 4.03. The number of aromatic nitrogens is 4. The Morgan fingerprint density at radius 1 is 1.30 bits per heavy atom. The van der Waals surface area contributed by atoms with Gasteiger partial charge in [-0.15, -0.1) is 0 Å². The van der Waals surface area contributed by atoms with Crippen molar-refractivity contribution in [3.05, 3.63) is 71.1 Å². The minimum atomic E-state index is 0.00260. The van der Waals surface area contributed by atoms with E-state index >= 15 is 0 Å². The minimum absolute atomic E-state index is 0.00260. The van der Waals surface area contributed by atoms with Crippen LogP contribution in [0.2, 0.25) is 0 Å². The second-order valence-electron chi connectivity index (χ2n) is 7.29. The average molecular weight is 363 g/mol. The lowest BCUT2D eigenvalue weighted by Gasteiger charge is -2.35. The number of rotatable bonds is 4. The van der Waals surface area contributed by atoms with E-state index in [2.05, 4.69) is 34.3 Å². The van der Waals surface area contributed by atoms with Crippen LogP contribution in [0.3, 0.4) is 0 Å². The van der Waals surface area contributed by atoms with Crippen molar-refractivity contribution in [3.8, 4) is 0 Å². The first kappa shape index (κ1) is 17.5. The molecule has 2 aromatic heterocycles. The molecule has 6 nitrogen and oxygen atoms in total. The number of carbonyl (C=O) groups is 1. The highest BCUT2D eigenvalue weighted by Crippen LogP contribution is 2.35. The van der Waals surface area contributed by atoms with Gasteiger partial charge >= 0.3 is 0 Å². The van der Waals surface area contributed by atoms with Gasteiger partial charge in [0.05, 0.1) is 18.3 Å². The van der Waals surface area contributed by atoms with E-state index in [1.54, 1.807) is 10.9 Å². The quantitative estimate of drug-likeness (QED) is 0.715. The van der Waals surface area contributed by atoms with Crippen molar-refractivity contribution in [2.75, 3.05) is 0 Å². The Balaban J connectivity index is 1.76. The maximum absolute atomic E-state index is 13.6. The van der Waals surface area contributed by atoms with Gasteiger partial charge in [0.1, 0.15) is 11.5 Å². The Bertz CT molecular complexity index is 971. The van der Waals surface area contributed by atoms with Gasteiger partial charge in [-0.05, 0) is 43.4 Å². The van der Waals surface area contributed by atoms with E-state index < -0.39 is 0 Å². The Kier molecular flexibility index (Phi) is 4.56. The SMILES string of the molecule is Cc1cc(C(=O)N(Cc2nccn2C)[C@H]2CCCc3ccccc32)n(C)n1. The van der Waals surface area contributed by atoms with Crippen molar-refractivity contribution >= 4 is 5.91 Å². The largest absolute Gasteiger partial charge is 0.337 e. The number of benzene rings is 1. The molecule has 1 aromatic carbocycles. The standard InChI is InChI=1S/C21H25N5O/c1-15-13-19(25(3)23-15)21(27)26(14-20-22-11-12-24(20)2)18-10-6-8-16-7-4-5-9-17(16)18/h4-5,7,9,11-13,18H,6,8,10,14H2,1-3H3/t18-/m0/s1. The van der Waals surface area contributed by atoms with Crippen LogP contribution in [0.4, 0.5) is 0 Å². The first-order valence-electron chi connectivity index (χ1n) is 9.40. The minimum Gasteiger partial charge on any atom is -0.337 e. The van der Waals surface area contributed by atoms with E-state index in [0.29, 0.717) is 12.2 Å². The Morgan fingerprint density at radius 3 is 2.81 bits per heavy atom. The fraction of sp³-hybridized carbons (Fsp3) is 0.381. The van der Waals surface area contributed by atoms with Crippen LogP contribution in [-0.4, -0.2) is 30.1 Å². The summed E-state index contributed by atoms with van der Waals surface area (Å²) in [4.78, 5) is 20.0. The van der Waals surface area contributed by atoms with Crippen LogP contribution in [0.25, 0.3) is 0 Å². The summed E-state index contributed by atoms with van der Waals surface area (Å²) in [5, 5.41) is 4.37. The van der Waals surface area contributed by atoms with Crippen molar-refractivity contribution < 1.29 is 4.79 Å². The number of carbonyl (C=O) groups excluding carboxylic acids is 1. The molecule has 1 aliphatic carbocycles. The average Bonchev–Trinajstić information content (AvgIpc) is 3.23. The third-order valence-electron chi connectivity index (χ3n) is 5.43. The van der Waals surface area contributed by atoms with E-state index in [1.807, 2.05) is 42.7 Å². The van der Waals surface area contributed by atoms with Crippen LogP contribution >= 0.6 is 0 Å². The Hall–Kier alpha value is -2.89. The van der Waals surface area contributed by atoms with Crippen LogP contribution in [0, 0.1) is 6.92 Å². The molecular weight excluding hydrogens is 338 g/mol. The summed E-state index contributed by atoms with van der Waals surface area (Å²) in [5.74, 6) is 0.882. The molecule has 4 rings (SSSR count). The highest BCUT2D eigenvalue weighted by Gasteiger charge is 2.32. The molecule has 27 heavy (non-hydrogen) atoms. The van der Waals surface area contributed by atoms with Gasteiger partial charge < -0.3 is 9.47 Å². The van der Waals surface area contributed by atoms with Gasteiger partial charge in [-0.1, -0.05) is 24.3 Å². The molecule has 140 valence electrons. The van der Waals surface area contributed by atoms with Crippen molar-refractivity contribution in [1.29, 1.82) is 0 Å². The number of nitrogens with zero attached hydrogens (tertiary/aromatic N) is 5. The molecule has 0 saturated carbocycles. The lowest BCUT2D eigenvalue weighted by molar-refractivity contribution is 0.0618. The molecule has 3 aromatic rings. The molecular formula is C21H25N5O. The van der Waals surface area contributed by atoms with E-state index in [9.17, 15) is 4.79 Å². The number of fused-ring (bicyclic) bond motifs is 1. The van der Waals surface area contributed by atoms with Crippen LogP contribution in [0.15, 0.2) is 42.7 Å². The second kappa shape index (κ2) is 7.02. The molecule has 0 fully saturated rings. The maximum atomic E-state index is 13.6. The lowest BCUT2D eigenvalue weighted by Crippen LogP contribution is -2.37. The monoisotopic (exact) mass is 363 g/mol. The first-order valence-corrected chi connectivity index (χ1v) is 9.40.